The molecule has 3 aromatic rings. The van der Waals surface area contributed by atoms with Crippen LogP contribution in [0, 0.1) is 35.1 Å². The van der Waals surface area contributed by atoms with Crippen molar-refractivity contribution >= 4 is 23.6 Å². The van der Waals surface area contributed by atoms with E-state index in [-0.39, 0.29) is 0 Å². The Labute approximate surface area is 252 Å². The highest BCUT2D eigenvalue weighted by Gasteiger charge is 2.52. The number of furan rings is 2. The van der Waals surface area contributed by atoms with E-state index in [4.69, 9.17) is 8.83 Å². The molecule has 1 aromatic carbocycles. The van der Waals surface area contributed by atoms with Gasteiger partial charge in [0.2, 0.25) is 0 Å². The molecule has 8 rings (SSSR count). The number of carbonyl (C=O) groups excluding carboxylic acids is 4. The second kappa shape index (κ2) is 12.8. The van der Waals surface area contributed by atoms with Crippen LogP contribution in [0.25, 0.3) is 0 Å². The van der Waals surface area contributed by atoms with E-state index >= 15 is 0 Å². The Morgan fingerprint density at radius 2 is 0.739 bits per heavy atom. The van der Waals surface area contributed by atoms with Crippen LogP contribution in [0.1, 0.15) is 53.3 Å². The molecule has 6 heterocycles. The van der Waals surface area contributed by atoms with E-state index < -0.39 is 144 Å². The molecule has 18 heteroatoms. The van der Waals surface area contributed by atoms with Crippen molar-refractivity contribution in [2.45, 2.75) is 37.8 Å². The summed E-state index contributed by atoms with van der Waals surface area (Å²) in [6.07, 6.45) is -10.5. The number of benzene rings is 1. The van der Waals surface area contributed by atoms with Crippen LogP contribution in [0.5, 0.6) is 0 Å². The molecular weight excluding hydrogens is 640 g/mol. The Hall–Kier alpha value is -4.90. The van der Waals surface area contributed by atoms with Gasteiger partial charge >= 0.3 is 0 Å². The lowest BCUT2D eigenvalue weighted by molar-refractivity contribution is -0.0753. The molecule has 46 heavy (non-hydrogen) atoms. The predicted octanol–water partition coefficient (Wildman–Crippen LogP) is 3.36. The molecule has 4 N–H and O–H groups in total. The van der Waals surface area contributed by atoms with E-state index in [1.54, 1.807) is 0 Å². The molecule has 0 saturated heterocycles. The number of amides is 4. The summed E-state index contributed by atoms with van der Waals surface area (Å²) in [5.74, 6) is -18.7. The summed E-state index contributed by atoms with van der Waals surface area (Å²) < 4.78 is 129. The first-order valence-corrected chi connectivity index (χ1v) is 13.5. The van der Waals surface area contributed by atoms with Crippen molar-refractivity contribution in [3.05, 3.63) is 81.7 Å². The Balaban J connectivity index is 1.44. The average Bonchev–Trinajstić information content (AvgIpc) is 3.73. The molecule has 0 radical (unpaired) electrons. The zero-order chi connectivity index (χ0) is 33.4. The Morgan fingerprint density at radius 3 is 1.02 bits per heavy atom. The summed E-state index contributed by atoms with van der Waals surface area (Å²) in [4.78, 5) is 49.8. The molecule has 246 valence electrons. The smallest absolute Gasteiger partial charge is 0.287 e. The topological polar surface area (TPSA) is 143 Å². The van der Waals surface area contributed by atoms with Crippen molar-refractivity contribution in [2.24, 2.45) is 11.8 Å². The molecule has 10 nitrogen and oxygen atoms in total. The van der Waals surface area contributed by atoms with Crippen molar-refractivity contribution in [3.8, 4) is 0 Å². The Morgan fingerprint density at radius 1 is 0.478 bits per heavy atom. The zero-order valence-corrected chi connectivity index (χ0v) is 23.1. The van der Waals surface area contributed by atoms with E-state index in [0.717, 1.165) is 24.3 Å². The number of rotatable bonds is 0. The lowest BCUT2D eigenvalue weighted by atomic mass is 9.76. The number of hydrogen-bond donors (Lipinski definition) is 4. The molecule has 4 aliphatic heterocycles. The summed E-state index contributed by atoms with van der Waals surface area (Å²) in [7, 11) is 0. The average molecular weight is 662 g/mol. The third-order valence-electron chi connectivity index (χ3n) is 7.64. The normalized spacial score (nSPS) is 26.3. The quantitative estimate of drug-likeness (QED) is 0.215. The zero-order valence-electron chi connectivity index (χ0n) is 23.1. The van der Waals surface area contributed by atoms with Crippen LogP contribution in [-0.4, -0.2) is 61.4 Å². The highest BCUT2D eigenvalue weighted by atomic mass is 19.2. The first-order chi connectivity index (χ1) is 21.8. The van der Waals surface area contributed by atoms with Crippen molar-refractivity contribution in [2.75, 3.05) is 13.1 Å². The monoisotopic (exact) mass is 662 g/mol. The first kappa shape index (κ1) is 32.5. The van der Waals surface area contributed by atoms with Gasteiger partial charge in [0.15, 0.2) is 46.3 Å². The van der Waals surface area contributed by atoms with E-state index in [2.05, 4.69) is 0 Å². The molecule has 1 saturated carbocycles. The number of nitrogens with one attached hydrogen (secondary N) is 4. The molecule has 5 aliphatic rings. The van der Waals surface area contributed by atoms with E-state index in [9.17, 15) is 54.3 Å². The molecule has 2 aromatic heterocycles. The molecule has 0 spiro atoms. The number of alkyl halides is 4. The van der Waals surface area contributed by atoms with E-state index in [0.29, 0.717) is 0 Å². The first-order valence-electron chi connectivity index (χ1n) is 13.5. The van der Waals surface area contributed by atoms with Gasteiger partial charge in [-0.15, -0.1) is 0 Å². The molecule has 1 fully saturated rings. The lowest BCUT2D eigenvalue weighted by Gasteiger charge is -2.39. The minimum Gasteiger partial charge on any atom is -0.446 e. The van der Waals surface area contributed by atoms with Crippen molar-refractivity contribution < 1.29 is 63.1 Å². The molecule has 1 aliphatic carbocycles. The van der Waals surface area contributed by atoms with Gasteiger partial charge in [-0.3, -0.25) is 19.2 Å². The van der Waals surface area contributed by atoms with Gasteiger partial charge < -0.3 is 30.1 Å². The van der Waals surface area contributed by atoms with Crippen LogP contribution in [0.3, 0.4) is 0 Å². The third-order valence-corrected chi connectivity index (χ3v) is 7.64. The third kappa shape index (κ3) is 6.02. The number of carbonyl (C=O) groups is 4. The Bertz CT molecular complexity index is 1530. The van der Waals surface area contributed by atoms with Gasteiger partial charge in [-0.25, -0.2) is 35.1 Å². The van der Waals surface area contributed by atoms with Crippen LogP contribution in [0.2, 0.25) is 0 Å². The second-order valence-corrected chi connectivity index (χ2v) is 10.4. The van der Waals surface area contributed by atoms with Crippen LogP contribution >= 0.6 is 0 Å². The van der Waals surface area contributed by atoms with E-state index in [1.165, 1.54) is 0 Å². The minimum absolute atomic E-state index is 0.607. The maximum Gasteiger partial charge on any atom is 0.287 e. The van der Waals surface area contributed by atoms with Crippen LogP contribution in [0.15, 0.2) is 33.1 Å². The van der Waals surface area contributed by atoms with Gasteiger partial charge in [0.05, 0.1) is 0 Å². The van der Waals surface area contributed by atoms with Crippen molar-refractivity contribution in [1.29, 1.82) is 0 Å². The van der Waals surface area contributed by atoms with Crippen LogP contribution < -0.4 is 21.3 Å². The second-order valence-electron chi connectivity index (χ2n) is 10.4. The molecular formula is C28H22F8N4O6. The summed E-state index contributed by atoms with van der Waals surface area (Å²) in [5.41, 5.74) is -2.47. The van der Waals surface area contributed by atoms with Crippen molar-refractivity contribution in [1.82, 2.24) is 21.3 Å². The fourth-order valence-corrected chi connectivity index (χ4v) is 5.05. The van der Waals surface area contributed by atoms with Crippen molar-refractivity contribution in [3.63, 3.8) is 0 Å². The van der Waals surface area contributed by atoms with Gasteiger partial charge in [0.25, 0.3) is 23.6 Å². The lowest BCUT2D eigenvalue weighted by Crippen LogP contribution is -2.57. The predicted molar refractivity (Wildman–Crippen MR) is 137 cm³/mol. The number of halogens is 8. The summed E-state index contributed by atoms with van der Waals surface area (Å²) >= 11 is 0. The van der Waals surface area contributed by atoms with E-state index in [1.807, 2.05) is 21.3 Å². The summed E-state index contributed by atoms with van der Waals surface area (Å²) in [6.45, 7) is -4.04. The van der Waals surface area contributed by atoms with Crippen LogP contribution in [-0.2, 0) is 13.1 Å². The SMILES string of the molecule is O=C1NCc2c(F)c(F)c(c(F)c2F)CNC(=O)c2ccc(o2)C(=O)NCC2[C@@H](F)[C@@H](F)C(CNC(=O)c3ccc1o3)[C@@H](F)[C@H]2F. The molecule has 6 atom stereocenters. The fraction of sp³-hybridized carbons (Fsp3) is 0.357. The number of hydrogen-bond acceptors (Lipinski definition) is 6. The van der Waals surface area contributed by atoms with Gasteiger partial charge in [-0.1, -0.05) is 0 Å². The maximum atomic E-state index is 14.9. The standard InChI is InChI=1S/C28H22F8N4O6/c29-17-9-5-37-25(41)13-1-2-14(45-13)26(42)38-6-10-19(31)23(35)12(24(36)20(10)32)8-40-28(44)16-4-3-15(46-16)27(43)39-7-11(21(17)33)22(34)18(9)30/h1-4,9,11,17-18,21-22H,5-8H2,(H,37,41)(H,38,42)(H,39,43)(H,40,44)/t9?,11?,17-,18+,21+,22-. The highest BCUT2D eigenvalue weighted by Crippen LogP contribution is 2.37. The summed E-state index contributed by atoms with van der Waals surface area (Å²) in [6, 6.07) is 3.70. The van der Waals surface area contributed by atoms with Crippen LogP contribution in [0.4, 0.5) is 35.1 Å². The minimum atomic E-state index is -2.62. The molecule has 2 unspecified atom stereocenters. The van der Waals surface area contributed by atoms with Gasteiger partial charge in [-0.2, -0.15) is 0 Å². The largest absolute Gasteiger partial charge is 0.446 e. The van der Waals surface area contributed by atoms with Gasteiger partial charge in [-0.05, 0) is 24.3 Å². The summed E-state index contributed by atoms with van der Waals surface area (Å²) in [5, 5.41) is 7.98. The fourth-order valence-electron chi connectivity index (χ4n) is 5.05. The molecule has 8 bridgehead atoms. The highest BCUT2D eigenvalue weighted by molar-refractivity contribution is 5.96. The maximum absolute atomic E-state index is 14.9. The Kier molecular flexibility index (Phi) is 9.07. The van der Waals surface area contributed by atoms with Gasteiger partial charge in [0.1, 0.15) is 24.7 Å². The van der Waals surface area contributed by atoms with Gasteiger partial charge in [0, 0.05) is 49.1 Å². The molecule has 4 amide bonds.